The third kappa shape index (κ3) is 4.68. The van der Waals surface area contributed by atoms with Gasteiger partial charge in [-0.15, -0.1) is 0 Å². The molecule has 0 aliphatic carbocycles. The second-order valence-electron chi connectivity index (χ2n) is 7.99. The van der Waals surface area contributed by atoms with E-state index in [2.05, 4.69) is 13.2 Å². The van der Waals surface area contributed by atoms with E-state index in [1.54, 1.807) is 6.07 Å². The Kier molecular flexibility index (Phi) is 5.98. The first-order chi connectivity index (χ1) is 16.5. The third-order valence-corrected chi connectivity index (χ3v) is 5.18. The molecule has 4 rings (SSSR count). The number of esters is 2. The van der Waals surface area contributed by atoms with E-state index < -0.39 is 23.7 Å². The Bertz CT molecular complexity index is 1510. The summed E-state index contributed by atoms with van der Waals surface area (Å²) in [6, 6.07) is 12.9. The minimum absolute atomic E-state index is 0.101. The van der Waals surface area contributed by atoms with Gasteiger partial charge in [-0.05, 0) is 55.3 Å². The van der Waals surface area contributed by atoms with Crippen molar-refractivity contribution in [3.63, 3.8) is 0 Å². The number of halogens is 3. The predicted molar refractivity (Wildman–Crippen MR) is 125 cm³/mol. The Morgan fingerprint density at radius 3 is 1.91 bits per heavy atom. The van der Waals surface area contributed by atoms with Gasteiger partial charge in [-0.25, -0.2) is 9.59 Å². The molecule has 8 heteroatoms. The summed E-state index contributed by atoms with van der Waals surface area (Å²) in [5.41, 5.74) is -0.622. The number of alkyl halides is 3. The van der Waals surface area contributed by atoms with Crippen LogP contribution in [0.2, 0.25) is 0 Å². The van der Waals surface area contributed by atoms with E-state index in [1.807, 2.05) is 0 Å². The second-order valence-corrected chi connectivity index (χ2v) is 7.99. The molecule has 1 aromatic heterocycles. The maximum atomic E-state index is 14.3. The fourth-order valence-corrected chi connectivity index (χ4v) is 3.50. The zero-order valence-electron chi connectivity index (χ0n) is 18.8. The normalized spacial score (nSPS) is 11.5. The van der Waals surface area contributed by atoms with E-state index in [-0.39, 0.29) is 50.3 Å². The molecule has 0 spiro atoms. The molecule has 0 aliphatic rings. The van der Waals surface area contributed by atoms with E-state index in [1.165, 1.54) is 62.4 Å². The summed E-state index contributed by atoms with van der Waals surface area (Å²) in [7, 11) is 0. The van der Waals surface area contributed by atoms with Crippen molar-refractivity contribution in [1.29, 1.82) is 0 Å². The summed E-state index contributed by atoms with van der Waals surface area (Å²) in [5.74, 6) is -0.989. The molecule has 0 bridgehead atoms. The van der Waals surface area contributed by atoms with E-state index in [0.29, 0.717) is 5.39 Å². The highest BCUT2D eigenvalue weighted by Gasteiger charge is 2.38. The van der Waals surface area contributed by atoms with Gasteiger partial charge in [0.2, 0.25) is 0 Å². The van der Waals surface area contributed by atoms with E-state index in [9.17, 15) is 22.8 Å². The maximum Gasteiger partial charge on any atom is 0.420 e. The number of fused-ring (bicyclic) bond motifs is 3. The summed E-state index contributed by atoms with van der Waals surface area (Å²) < 4.78 is 58.7. The van der Waals surface area contributed by atoms with Crippen LogP contribution in [0.15, 0.2) is 83.3 Å². The number of rotatable bonds is 5. The van der Waals surface area contributed by atoms with Gasteiger partial charge >= 0.3 is 18.1 Å². The molecule has 0 saturated heterocycles. The van der Waals surface area contributed by atoms with Crippen LogP contribution in [-0.4, -0.2) is 11.9 Å². The zero-order valence-corrected chi connectivity index (χ0v) is 18.8. The molecule has 0 unspecified atom stereocenters. The van der Waals surface area contributed by atoms with Gasteiger partial charge < -0.3 is 13.9 Å². The summed E-state index contributed by atoms with van der Waals surface area (Å²) in [6.07, 6.45) is -4.73. The first-order valence-corrected chi connectivity index (χ1v) is 10.4. The standard InChI is InChI=1S/C27H19F3O5/c1-14(2)25(31)33-17-7-5-16(6-8-17)19-11-12-21-20-10-9-18(34-26(32)15(3)4)13-22(20)35-24(21)23(19)27(28,29)30/h5-13H,1,3H2,2,4H3. The van der Waals surface area contributed by atoms with Crippen molar-refractivity contribution in [2.75, 3.05) is 0 Å². The van der Waals surface area contributed by atoms with Gasteiger partial charge in [-0.2, -0.15) is 13.2 Å². The molecule has 0 atom stereocenters. The van der Waals surface area contributed by atoms with Crippen LogP contribution in [0.4, 0.5) is 13.2 Å². The molecule has 0 aliphatic heterocycles. The molecule has 0 amide bonds. The highest BCUT2D eigenvalue weighted by molar-refractivity contribution is 6.08. The van der Waals surface area contributed by atoms with Crippen LogP contribution in [0.3, 0.4) is 0 Å². The number of benzene rings is 3. The molecule has 1 heterocycles. The van der Waals surface area contributed by atoms with Crippen LogP contribution in [-0.2, 0) is 15.8 Å². The molecule has 0 saturated carbocycles. The topological polar surface area (TPSA) is 65.7 Å². The van der Waals surface area contributed by atoms with Crippen LogP contribution in [0, 0.1) is 0 Å². The smallest absolute Gasteiger partial charge is 0.420 e. The van der Waals surface area contributed by atoms with Crippen LogP contribution in [0.1, 0.15) is 19.4 Å². The van der Waals surface area contributed by atoms with Crippen LogP contribution >= 0.6 is 0 Å². The quantitative estimate of drug-likeness (QED) is 0.171. The van der Waals surface area contributed by atoms with E-state index in [4.69, 9.17) is 13.9 Å². The lowest BCUT2D eigenvalue weighted by Gasteiger charge is -2.14. The fraction of sp³-hybridized carbons (Fsp3) is 0.111. The molecule has 0 fully saturated rings. The molecule has 4 aromatic rings. The average molecular weight is 480 g/mol. The molecular formula is C27H19F3O5. The fourth-order valence-electron chi connectivity index (χ4n) is 3.50. The van der Waals surface area contributed by atoms with Crippen molar-refractivity contribution in [1.82, 2.24) is 0 Å². The van der Waals surface area contributed by atoms with Gasteiger partial charge in [-0.3, -0.25) is 0 Å². The van der Waals surface area contributed by atoms with Crippen molar-refractivity contribution in [3.8, 4) is 22.6 Å². The summed E-state index contributed by atoms with van der Waals surface area (Å²) in [4.78, 5) is 23.5. The Balaban J connectivity index is 1.82. The lowest BCUT2D eigenvalue weighted by Crippen LogP contribution is -2.08. The van der Waals surface area contributed by atoms with Gasteiger partial charge in [0.25, 0.3) is 0 Å². The van der Waals surface area contributed by atoms with Crippen molar-refractivity contribution < 1.29 is 36.7 Å². The van der Waals surface area contributed by atoms with Gasteiger partial charge in [0.05, 0.1) is 0 Å². The first kappa shape index (κ1) is 23.8. The molecule has 0 radical (unpaired) electrons. The number of hydrogen-bond donors (Lipinski definition) is 0. The van der Waals surface area contributed by atoms with Crippen LogP contribution in [0.5, 0.6) is 11.5 Å². The largest absolute Gasteiger partial charge is 0.455 e. The molecule has 0 N–H and O–H groups in total. The Morgan fingerprint density at radius 2 is 1.34 bits per heavy atom. The van der Waals surface area contributed by atoms with E-state index >= 15 is 0 Å². The van der Waals surface area contributed by atoms with Gasteiger partial charge in [-0.1, -0.05) is 31.4 Å². The third-order valence-electron chi connectivity index (χ3n) is 5.18. The lowest BCUT2D eigenvalue weighted by molar-refractivity contribution is -0.136. The highest BCUT2D eigenvalue weighted by atomic mass is 19.4. The first-order valence-electron chi connectivity index (χ1n) is 10.4. The van der Waals surface area contributed by atoms with Crippen LogP contribution in [0.25, 0.3) is 33.1 Å². The molecular weight excluding hydrogens is 461 g/mol. The van der Waals surface area contributed by atoms with Crippen molar-refractivity contribution in [2.24, 2.45) is 0 Å². The van der Waals surface area contributed by atoms with Crippen molar-refractivity contribution >= 4 is 33.9 Å². The van der Waals surface area contributed by atoms with Gasteiger partial charge in [0, 0.05) is 28.0 Å². The number of ether oxygens (including phenoxy) is 2. The monoisotopic (exact) mass is 480 g/mol. The number of carbonyl (C=O) groups excluding carboxylic acids is 2. The molecule has 35 heavy (non-hydrogen) atoms. The molecule has 3 aromatic carbocycles. The van der Waals surface area contributed by atoms with Crippen molar-refractivity contribution in [2.45, 2.75) is 20.0 Å². The number of hydrogen-bond acceptors (Lipinski definition) is 5. The Morgan fingerprint density at radius 1 is 0.800 bits per heavy atom. The Hall–Kier alpha value is -4.33. The minimum Gasteiger partial charge on any atom is -0.455 e. The second kappa shape index (κ2) is 8.79. The zero-order chi connectivity index (χ0) is 25.5. The molecule has 5 nitrogen and oxygen atoms in total. The number of furan rings is 1. The summed E-state index contributed by atoms with van der Waals surface area (Å²) in [6.45, 7) is 9.96. The maximum absolute atomic E-state index is 14.3. The van der Waals surface area contributed by atoms with E-state index in [0.717, 1.165) is 0 Å². The van der Waals surface area contributed by atoms with Crippen molar-refractivity contribution in [3.05, 3.63) is 84.5 Å². The SMILES string of the molecule is C=C(C)C(=O)Oc1ccc(-c2ccc3c(oc4cc(OC(=O)C(=C)C)ccc43)c2C(F)(F)F)cc1. The number of carbonyl (C=O) groups is 2. The van der Waals surface area contributed by atoms with Crippen LogP contribution < -0.4 is 9.47 Å². The van der Waals surface area contributed by atoms with Gasteiger partial charge in [0.1, 0.15) is 28.2 Å². The Labute approximate surface area is 198 Å². The molecule has 178 valence electrons. The summed E-state index contributed by atoms with van der Waals surface area (Å²) >= 11 is 0. The minimum atomic E-state index is -4.73. The predicted octanol–water partition coefficient (Wildman–Crippen LogP) is 7.23. The summed E-state index contributed by atoms with van der Waals surface area (Å²) in [5, 5.41) is 0.704. The highest BCUT2D eigenvalue weighted by Crippen LogP contribution is 2.45. The lowest BCUT2D eigenvalue weighted by atomic mass is 9.96. The van der Waals surface area contributed by atoms with Gasteiger partial charge in [0.15, 0.2) is 0 Å². The average Bonchev–Trinajstić information content (AvgIpc) is 3.15.